The topological polar surface area (TPSA) is 58.0 Å². The van der Waals surface area contributed by atoms with Gasteiger partial charge in [0.1, 0.15) is 16.8 Å². The molecule has 1 rings (SSSR count). The van der Waals surface area contributed by atoms with E-state index in [2.05, 4.69) is 36.1 Å². The van der Waals surface area contributed by atoms with Crippen LogP contribution in [-0.4, -0.2) is 28.2 Å². The summed E-state index contributed by atoms with van der Waals surface area (Å²) in [5.41, 5.74) is 0.885. The van der Waals surface area contributed by atoms with E-state index in [0.717, 1.165) is 43.0 Å². The number of hydrogen-bond donors (Lipinski definition) is 2. The Morgan fingerprint density at radius 1 is 1.25 bits per heavy atom. The molecule has 1 aromatic rings. The van der Waals surface area contributed by atoms with E-state index in [1.807, 2.05) is 6.92 Å². The van der Waals surface area contributed by atoms with E-state index in [9.17, 15) is 0 Å². The summed E-state index contributed by atoms with van der Waals surface area (Å²) in [5.74, 6) is 2.28. The minimum atomic E-state index is 0.229. The molecule has 0 fully saturated rings. The Labute approximate surface area is 127 Å². The van der Waals surface area contributed by atoms with Crippen LogP contribution in [0.15, 0.2) is 0 Å². The van der Waals surface area contributed by atoms with Crippen LogP contribution in [0.1, 0.15) is 57.3 Å². The van der Waals surface area contributed by atoms with Crippen molar-refractivity contribution in [2.45, 2.75) is 52.9 Å². The summed E-state index contributed by atoms with van der Waals surface area (Å²) >= 11 is 6.17. The molecule has 1 heterocycles. The number of nitrogens with one attached hydrogen (secondary N) is 1. The van der Waals surface area contributed by atoms with Gasteiger partial charge in [-0.2, -0.15) is 0 Å². The van der Waals surface area contributed by atoms with Gasteiger partial charge in [0.05, 0.1) is 0 Å². The van der Waals surface area contributed by atoms with E-state index in [-0.39, 0.29) is 12.5 Å². The zero-order chi connectivity index (χ0) is 15.1. The summed E-state index contributed by atoms with van der Waals surface area (Å²) in [6.45, 7) is 9.23. The van der Waals surface area contributed by atoms with E-state index >= 15 is 0 Å². The summed E-state index contributed by atoms with van der Waals surface area (Å²) in [6, 6.07) is 0. The highest BCUT2D eigenvalue weighted by Gasteiger charge is 2.13. The van der Waals surface area contributed by atoms with E-state index in [0.29, 0.717) is 11.1 Å². The van der Waals surface area contributed by atoms with E-state index < -0.39 is 0 Å². The maximum absolute atomic E-state index is 9.10. The van der Waals surface area contributed by atoms with Crippen molar-refractivity contribution in [2.75, 3.05) is 18.5 Å². The third-order valence-corrected chi connectivity index (χ3v) is 3.78. The second-order valence-electron chi connectivity index (χ2n) is 5.55. The Bertz CT molecular complexity index is 418. The molecule has 0 radical (unpaired) electrons. The molecule has 0 spiro atoms. The van der Waals surface area contributed by atoms with Gasteiger partial charge in [-0.3, -0.25) is 0 Å². The molecular weight excluding hydrogens is 274 g/mol. The predicted molar refractivity (Wildman–Crippen MR) is 84.5 cm³/mol. The van der Waals surface area contributed by atoms with Gasteiger partial charge in [-0.15, -0.1) is 0 Å². The minimum absolute atomic E-state index is 0.229. The van der Waals surface area contributed by atoms with Gasteiger partial charge in [0, 0.05) is 24.6 Å². The molecule has 20 heavy (non-hydrogen) atoms. The second-order valence-corrected chi connectivity index (χ2v) is 5.91. The highest BCUT2D eigenvalue weighted by molar-refractivity contribution is 6.30. The normalized spacial score (nSPS) is 12.8. The number of aliphatic hydroxyl groups is 1. The average Bonchev–Trinajstić information content (AvgIpc) is 2.40. The van der Waals surface area contributed by atoms with Gasteiger partial charge in [-0.1, -0.05) is 38.8 Å². The van der Waals surface area contributed by atoms with Crippen LogP contribution in [0.2, 0.25) is 5.15 Å². The Hall–Kier alpha value is -0.870. The van der Waals surface area contributed by atoms with Crippen LogP contribution in [0.3, 0.4) is 0 Å². The van der Waals surface area contributed by atoms with Gasteiger partial charge in [0.15, 0.2) is 0 Å². The van der Waals surface area contributed by atoms with Crippen molar-refractivity contribution in [3.05, 3.63) is 16.5 Å². The predicted octanol–water partition coefficient (Wildman–Crippen LogP) is 3.77. The highest BCUT2D eigenvalue weighted by Crippen LogP contribution is 2.23. The lowest BCUT2D eigenvalue weighted by atomic mass is 10.0. The molecule has 5 heteroatoms. The molecule has 1 aromatic heterocycles. The number of halogens is 1. The summed E-state index contributed by atoms with van der Waals surface area (Å²) in [4.78, 5) is 8.86. The summed E-state index contributed by atoms with van der Waals surface area (Å²) in [7, 11) is 0. The molecule has 0 aliphatic heterocycles. The highest BCUT2D eigenvalue weighted by atomic mass is 35.5. The Kier molecular flexibility index (Phi) is 7.24. The van der Waals surface area contributed by atoms with Crippen LogP contribution in [0, 0.1) is 12.8 Å². The van der Waals surface area contributed by atoms with E-state index in [1.165, 1.54) is 0 Å². The lowest BCUT2D eigenvalue weighted by Crippen LogP contribution is -2.18. The minimum Gasteiger partial charge on any atom is -0.396 e. The Balaban J connectivity index is 2.80. The molecule has 1 unspecified atom stereocenters. The molecule has 0 saturated heterocycles. The van der Waals surface area contributed by atoms with Crippen molar-refractivity contribution in [1.82, 2.24) is 9.97 Å². The van der Waals surface area contributed by atoms with Crippen molar-refractivity contribution >= 4 is 17.4 Å². The zero-order valence-electron chi connectivity index (χ0n) is 12.9. The van der Waals surface area contributed by atoms with Crippen LogP contribution in [0.25, 0.3) is 0 Å². The fraction of sp³-hybridized carbons (Fsp3) is 0.733. The lowest BCUT2D eigenvalue weighted by molar-refractivity contribution is 0.255. The average molecular weight is 300 g/mol. The third-order valence-electron chi connectivity index (χ3n) is 3.41. The molecule has 0 aliphatic carbocycles. The number of hydrogen-bond acceptors (Lipinski definition) is 4. The first-order valence-corrected chi connectivity index (χ1v) is 7.76. The van der Waals surface area contributed by atoms with Crippen molar-refractivity contribution in [3.8, 4) is 0 Å². The lowest BCUT2D eigenvalue weighted by Gasteiger charge is -2.18. The summed E-state index contributed by atoms with van der Waals surface area (Å²) < 4.78 is 0. The fourth-order valence-electron chi connectivity index (χ4n) is 2.12. The fourth-order valence-corrected chi connectivity index (χ4v) is 2.29. The first-order valence-electron chi connectivity index (χ1n) is 7.38. The summed E-state index contributed by atoms with van der Waals surface area (Å²) in [6.07, 6.45) is 3.03. The zero-order valence-corrected chi connectivity index (χ0v) is 13.7. The van der Waals surface area contributed by atoms with Crippen LogP contribution in [0.4, 0.5) is 5.82 Å². The maximum atomic E-state index is 9.10. The molecule has 0 saturated carbocycles. The molecule has 2 N–H and O–H groups in total. The van der Waals surface area contributed by atoms with Crippen molar-refractivity contribution in [1.29, 1.82) is 0 Å². The first-order chi connectivity index (χ1) is 9.49. The van der Waals surface area contributed by atoms with Gasteiger partial charge in [0.25, 0.3) is 0 Å². The number of aromatic nitrogens is 2. The molecule has 4 nitrogen and oxygen atoms in total. The first kappa shape index (κ1) is 17.2. The molecule has 1 atom stereocenters. The van der Waals surface area contributed by atoms with Crippen molar-refractivity contribution in [2.24, 2.45) is 5.92 Å². The summed E-state index contributed by atoms with van der Waals surface area (Å²) in [5, 5.41) is 13.0. The van der Waals surface area contributed by atoms with Crippen LogP contribution < -0.4 is 5.32 Å². The smallest absolute Gasteiger partial charge is 0.137 e. The maximum Gasteiger partial charge on any atom is 0.137 e. The number of nitrogens with zero attached hydrogens (tertiary/aromatic N) is 2. The van der Waals surface area contributed by atoms with E-state index in [1.54, 1.807) is 0 Å². The number of rotatable bonds is 8. The quantitative estimate of drug-likeness (QED) is 0.717. The van der Waals surface area contributed by atoms with E-state index in [4.69, 9.17) is 16.7 Å². The largest absolute Gasteiger partial charge is 0.396 e. The van der Waals surface area contributed by atoms with Gasteiger partial charge in [-0.25, -0.2) is 9.97 Å². The molecular formula is C15H26ClN3O. The molecule has 114 valence electrons. The van der Waals surface area contributed by atoms with Gasteiger partial charge in [0.2, 0.25) is 0 Å². The van der Waals surface area contributed by atoms with Crippen LogP contribution in [0.5, 0.6) is 0 Å². The molecule has 0 bridgehead atoms. The Morgan fingerprint density at radius 2 is 1.95 bits per heavy atom. The number of anilines is 1. The third kappa shape index (κ3) is 4.91. The molecule has 0 aromatic carbocycles. The van der Waals surface area contributed by atoms with Crippen LogP contribution >= 0.6 is 11.6 Å². The standard InChI is InChI=1S/C15H26ClN3O/c1-5-6-12(7-8-20)9-17-15-11(4)13(16)18-14(19-15)10(2)3/h10,12,20H,5-9H2,1-4H3,(H,17,18,19). The van der Waals surface area contributed by atoms with Crippen molar-refractivity contribution in [3.63, 3.8) is 0 Å². The van der Waals surface area contributed by atoms with Gasteiger partial charge >= 0.3 is 0 Å². The number of aliphatic hydroxyl groups excluding tert-OH is 1. The monoisotopic (exact) mass is 299 g/mol. The molecule has 0 amide bonds. The van der Waals surface area contributed by atoms with Gasteiger partial charge in [-0.05, 0) is 25.7 Å². The second kappa shape index (κ2) is 8.42. The SMILES string of the molecule is CCCC(CCO)CNc1nc(C(C)C)nc(Cl)c1C. The molecule has 0 aliphatic rings. The van der Waals surface area contributed by atoms with Gasteiger partial charge < -0.3 is 10.4 Å². The van der Waals surface area contributed by atoms with Crippen LogP contribution in [-0.2, 0) is 0 Å². The van der Waals surface area contributed by atoms with Crippen molar-refractivity contribution < 1.29 is 5.11 Å². The Morgan fingerprint density at radius 3 is 2.50 bits per heavy atom.